The number of hydrogen-bond donors (Lipinski definition) is 1. The molecular formula is C27H20FIN2O4. The summed E-state index contributed by atoms with van der Waals surface area (Å²) in [6.07, 6.45) is 3.66. The lowest BCUT2D eigenvalue weighted by molar-refractivity contribution is -0.122. The molecule has 0 radical (unpaired) electrons. The molecule has 4 rings (SSSR count). The lowest BCUT2D eigenvalue weighted by Crippen LogP contribution is -2.54. The van der Waals surface area contributed by atoms with Crippen LogP contribution in [0.3, 0.4) is 0 Å². The maximum Gasteiger partial charge on any atom is 0.335 e. The van der Waals surface area contributed by atoms with Crippen LogP contribution in [0.2, 0.25) is 0 Å². The fourth-order valence-corrected chi connectivity index (χ4v) is 3.90. The van der Waals surface area contributed by atoms with Crippen LogP contribution in [0, 0.1) is 9.39 Å². The Morgan fingerprint density at radius 3 is 2.40 bits per heavy atom. The number of allylic oxidation sites excluding steroid dienone is 1. The van der Waals surface area contributed by atoms with Gasteiger partial charge in [0.25, 0.3) is 11.8 Å². The zero-order valence-electron chi connectivity index (χ0n) is 18.5. The second-order valence-electron chi connectivity index (χ2n) is 7.71. The minimum atomic E-state index is -0.893. The first-order valence-corrected chi connectivity index (χ1v) is 11.7. The van der Waals surface area contributed by atoms with Crippen LogP contribution in [-0.2, 0) is 22.6 Å². The molecule has 8 heteroatoms. The minimum Gasteiger partial charge on any atom is -0.489 e. The van der Waals surface area contributed by atoms with Gasteiger partial charge in [0.2, 0.25) is 0 Å². The lowest BCUT2D eigenvalue weighted by Gasteiger charge is -2.26. The van der Waals surface area contributed by atoms with Crippen molar-refractivity contribution in [2.24, 2.45) is 0 Å². The second kappa shape index (κ2) is 10.6. The summed E-state index contributed by atoms with van der Waals surface area (Å²) in [5, 5.41) is 2.16. The van der Waals surface area contributed by atoms with Crippen LogP contribution in [0.1, 0.15) is 16.7 Å². The summed E-state index contributed by atoms with van der Waals surface area (Å²) in [5.41, 5.74) is 2.37. The van der Waals surface area contributed by atoms with E-state index in [0.29, 0.717) is 24.3 Å². The third-order valence-corrected chi connectivity index (χ3v) is 5.97. The number of ether oxygens (including phenoxy) is 1. The van der Waals surface area contributed by atoms with Crippen molar-refractivity contribution in [2.45, 2.75) is 13.0 Å². The SMILES string of the molecule is C=CCc1cc(/C=C2\C(=O)NC(=O)N(c3ccc(F)cc3)C2=O)ccc1OCc1ccc(I)cc1. The van der Waals surface area contributed by atoms with Crippen LogP contribution in [-0.4, -0.2) is 17.8 Å². The van der Waals surface area contributed by atoms with Crippen LogP contribution in [0.25, 0.3) is 6.08 Å². The van der Waals surface area contributed by atoms with Crippen molar-refractivity contribution in [3.8, 4) is 5.75 Å². The number of carbonyl (C=O) groups excluding carboxylic acids is 3. The second-order valence-corrected chi connectivity index (χ2v) is 8.96. The number of halogens is 2. The summed E-state index contributed by atoms with van der Waals surface area (Å²) >= 11 is 2.24. The van der Waals surface area contributed by atoms with E-state index >= 15 is 0 Å². The molecule has 0 spiro atoms. The van der Waals surface area contributed by atoms with Gasteiger partial charge in [-0.25, -0.2) is 14.1 Å². The summed E-state index contributed by atoms with van der Waals surface area (Å²) < 4.78 is 20.4. The average molecular weight is 582 g/mol. The Bertz CT molecular complexity index is 1330. The van der Waals surface area contributed by atoms with Gasteiger partial charge in [0.15, 0.2) is 0 Å². The number of imide groups is 2. The number of barbiturate groups is 1. The highest BCUT2D eigenvalue weighted by Crippen LogP contribution is 2.26. The van der Waals surface area contributed by atoms with Crippen molar-refractivity contribution in [2.75, 3.05) is 4.90 Å². The van der Waals surface area contributed by atoms with Gasteiger partial charge in [0, 0.05) is 3.57 Å². The van der Waals surface area contributed by atoms with E-state index < -0.39 is 23.7 Å². The van der Waals surface area contributed by atoms with Crippen molar-refractivity contribution in [3.05, 3.63) is 111 Å². The first-order chi connectivity index (χ1) is 16.9. The summed E-state index contributed by atoms with van der Waals surface area (Å²) in [6.45, 7) is 4.18. The summed E-state index contributed by atoms with van der Waals surface area (Å²) in [7, 11) is 0. The van der Waals surface area contributed by atoms with Gasteiger partial charge in [-0.1, -0.05) is 24.3 Å². The molecule has 0 aliphatic carbocycles. The van der Waals surface area contributed by atoms with Gasteiger partial charge in [-0.3, -0.25) is 14.9 Å². The smallest absolute Gasteiger partial charge is 0.335 e. The summed E-state index contributed by atoms with van der Waals surface area (Å²) in [6, 6.07) is 17.3. The maximum absolute atomic E-state index is 13.3. The van der Waals surface area contributed by atoms with Crippen LogP contribution < -0.4 is 15.0 Å². The normalized spacial score (nSPS) is 14.7. The molecule has 0 atom stereocenters. The molecule has 35 heavy (non-hydrogen) atoms. The molecule has 6 nitrogen and oxygen atoms in total. The number of carbonyl (C=O) groups is 3. The molecule has 0 unspecified atom stereocenters. The Labute approximate surface area is 215 Å². The first kappa shape index (κ1) is 24.3. The Morgan fingerprint density at radius 2 is 1.71 bits per heavy atom. The standard InChI is InChI=1S/C27H20FIN2O4/c1-2-3-19-14-18(6-13-24(19)35-16-17-4-9-21(29)10-5-17)15-23-25(32)30-27(34)31(26(23)33)22-11-7-20(28)8-12-22/h2,4-15H,1,3,16H2,(H,30,32,34)/b23-15+. The molecule has 4 amide bonds. The fourth-order valence-electron chi connectivity index (χ4n) is 3.54. The number of amides is 4. The molecule has 1 aliphatic heterocycles. The number of nitrogens with zero attached hydrogens (tertiary/aromatic N) is 1. The van der Waals surface area contributed by atoms with E-state index in [-0.39, 0.29) is 11.3 Å². The number of benzene rings is 3. The number of anilines is 1. The number of rotatable bonds is 7. The Balaban J connectivity index is 1.60. The molecule has 0 aromatic heterocycles. The zero-order valence-corrected chi connectivity index (χ0v) is 20.6. The van der Waals surface area contributed by atoms with Gasteiger partial charge in [-0.05, 0) is 100 Å². The highest BCUT2D eigenvalue weighted by Gasteiger charge is 2.36. The molecule has 3 aromatic rings. The van der Waals surface area contributed by atoms with Crippen LogP contribution in [0.15, 0.2) is 85.0 Å². The van der Waals surface area contributed by atoms with Gasteiger partial charge in [-0.15, -0.1) is 6.58 Å². The van der Waals surface area contributed by atoms with Crippen LogP contribution >= 0.6 is 22.6 Å². The zero-order chi connectivity index (χ0) is 24.9. The van der Waals surface area contributed by atoms with E-state index in [1.807, 2.05) is 24.3 Å². The summed E-state index contributed by atoms with van der Waals surface area (Å²) in [5.74, 6) is -1.45. The Hall–Kier alpha value is -3.79. The molecule has 1 N–H and O–H groups in total. The number of urea groups is 1. The highest BCUT2D eigenvalue weighted by atomic mass is 127. The maximum atomic E-state index is 13.3. The van der Waals surface area contributed by atoms with Gasteiger partial charge >= 0.3 is 6.03 Å². The molecule has 1 fully saturated rings. The van der Waals surface area contributed by atoms with E-state index in [4.69, 9.17) is 4.74 Å². The molecule has 1 saturated heterocycles. The van der Waals surface area contributed by atoms with Gasteiger partial charge in [-0.2, -0.15) is 0 Å². The fraction of sp³-hybridized carbons (Fsp3) is 0.0741. The third kappa shape index (κ3) is 5.65. The molecule has 1 heterocycles. The predicted molar refractivity (Wildman–Crippen MR) is 139 cm³/mol. The van der Waals surface area contributed by atoms with Gasteiger partial charge in [0.05, 0.1) is 5.69 Å². The van der Waals surface area contributed by atoms with Crippen molar-refractivity contribution >= 4 is 52.2 Å². The molecular weight excluding hydrogens is 562 g/mol. The molecule has 176 valence electrons. The van der Waals surface area contributed by atoms with Gasteiger partial charge in [0.1, 0.15) is 23.7 Å². The Morgan fingerprint density at radius 1 is 1.00 bits per heavy atom. The third-order valence-electron chi connectivity index (χ3n) is 5.25. The van der Waals surface area contributed by atoms with Gasteiger partial charge < -0.3 is 4.74 Å². The highest BCUT2D eigenvalue weighted by molar-refractivity contribution is 14.1. The molecule has 1 aliphatic rings. The van der Waals surface area contributed by atoms with E-state index in [1.54, 1.807) is 24.3 Å². The predicted octanol–water partition coefficient (Wildman–Crippen LogP) is 5.40. The van der Waals surface area contributed by atoms with E-state index in [1.165, 1.54) is 18.2 Å². The Kier molecular flexibility index (Phi) is 7.40. The number of nitrogens with one attached hydrogen (secondary N) is 1. The monoisotopic (exact) mass is 582 g/mol. The van der Waals surface area contributed by atoms with E-state index in [2.05, 4.69) is 34.5 Å². The lowest BCUT2D eigenvalue weighted by atomic mass is 10.0. The van der Waals surface area contributed by atoms with E-state index in [9.17, 15) is 18.8 Å². The molecule has 0 saturated carbocycles. The van der Waals surface area contributed by atoms with E-state index in [0.717, 1.165) is 31.7 Å². The van der Waals surface area contributed by atoms with Crippen molar-refractivity contribution in [3.63, 3.8) is 0 Å². The molecule has 3 aromatic carbocycles. The minimum absolute atomic E-state index is 0.152. The van der Waals surface area contributed by atoms with Crippen LogP contribution in [0.5, 0.6) is 5.75 Å². The quantitative estimate of drug-likeness (QED) is 0.175. The van der Waals surface area contributed by atoms with Crippen molar-refractivity contribution in [1.29, 1.82) is 0 Å². The van der Waals surface area contributed by atoms with Crippen LogP contribution in [0.4, 0.5) is 14.9 Å². The number of hydrogen-bond acceptors (Lipinski definition) is 4. The molecule has 0 bridgehead atoms. The first-order valence-electron chi connectivity index (χ1n) is 10.6. The van der Waals surface area contributed by atoms with Crippen molar-refractivity contribution < 1.29 is 23.5 Å². The van der Waals surface area contributed by atoms with Crippen molar-refractivity contribution in [1.82, 2.24) is 5.32 Å². The topological polar surface area (TPSA) is 75.7 Å². The largest absolute Gasteiger partial charge is 0.489 e. The summed E-state index contributed by atoms with van der Waals surface area (Å²) in [4.78, 5) is 38.6. The average Bonchev–Trinajstić information content (AvgIpc) is 2.83.